The van der Waals surface area contributed by atoms with E-state index in [0.717, 1.165) is 29.8 Å². The van der Waals surface area contributed by atoms with Gasteiger partial charge in [-0.2, -0.15) is 0 Å². The number of piperazine rings is 1. The maximum atomic E-state index is 12.7. The van der Waals surface area contributed by atoms with Crippen molar-refractivity contribution < 1.29 is 9.53 Å². The number of carbonyl (C=O) groups excluding carboxylic acids is 1. The van der Waals surface area contributed by atoms with E-state index in [1.54, 1.807) is 0 Å². The van der Waals surface area contributed by atoms with Gasteiger partial charge in [-0.05, 0) is 56.2 Å². The average Bonchev–Trinajstić information content (AvgIpc) is 2.79. The summed E-state index contributed by atoms with van der Waals surface area (Å²) in [5, 5.41) is 3.04. The predicted octanol–water partition coefficient (Wildman–Crippen LogP) is 3.72. The number of hydrogen-bond acceptors (Lipinski definition) is 5. The van der Waals surface area contributed by atoms with Crippen molar-refractivity contribution in [3.05, 3.63) is 59.3 Å². The highest BCUT2D eigenvalue weighted by atomic mass is 16.5. The molecular weight excluding hydrogens is 402 g/mol. The zero-order valence-corrected chi connectivity index (χ0v) is 19.1. The molecule has 4 rings (SSSR count). The minimum Gasteiger partial charge on any atom is -0.477 e. The monoisotopic (exact) mass is 433 g/mol. The number of urea groups is 1. The Morgan fingerprint density at radius 2 is 1.66 bits per heavy atom. The summed E-state index contributed by atoms with van der Waals surface area (Å²) in [6.07, 6.45) is 0.571. The molecule has 2 aromatic carbocycles. The van der Waals surface area contributed by atoms with E-state index in [4.69, 9.17) is 9.72 Å². The van der Waals surface area contributed by atoms with Gasteiger partial charge in [0.2, 0.25) is 5.88 Å². The van der Waals surface area contributed by atoms with Crippen molar-refractivity contribution in [1.29, 1.82) is 0 Å². The number of para-hydroxylation sites is 2. The van der Waals surface area contributed by atoms with Crippen molar-refractivity contribution in [2.75, 3.05) is 44.2 Å². The van der Waals surface area contributed by atoms with Gasteiger partial charge in [0.1, 0.15) is 5.69 Å². The third kappa shape index (κ3) is 5.10. The van der Waals surface area contributed by atoms with Crippen LogP contribution in [-0.4, -0.2) is 60.2 Å². The van der Waals surface area contributed by atoms with Gasteiger partial charge in [-0.15, -0.1) is 0 Å². The Morgan fingerprint density at radius 1 is 1.00 bits per heavy atom. The van der Waals surface area contributed by atoms with Crippen LogP contribution in [0.1, 0.15) is 23.7 Å². The van der Waals surface area contributed by atoms with Crippen molar-refractivity contribution in [2.45, 2.75) is 27.2 Å². The Kier molecular flexibility index (Phi) is 6.73. The second-order valence-corrected chi connectivity index (χ2v) is 8.20. The third-order valence-corrected chi connectivity index (χ3v) is 5.66. The Balaban J connectivity index is 1.31. The normalized spacial score (nSPS) is 14.0. The summed E-state index contributed by atoms with van der Waals surface area (Å²) >= 11 is 0. The molecular formula is C25H31N5O2. The number of nitrogens with zero attached hydrogens (tertiary/aromatic N) is 4. The Morgan fingerprint density at radius 3 is 2.31 bits per heavy atom. The van der Waals surface area contributed by atoms with E-state index in [2.05, 4.69) is 47.2 Å². The second kappa shape index (κ2) is 9.85. The highest BCUT2D eigenvalue weighted by Crippen LogP contribution is 2.21. The largest absolute Gasteiger partial charge is 0.477 e. The van der Waals surface area contributed by atoms with E-state index < -0.39 is 0 Å². The molecule has 7 nitrogen and oxygen atoms in total. The van der Waals surface area contributed by atoms with Gasteiger partial charge in [0, 0.05) is 44.8 Å². The maximum absolute atomic E-state index is 12.7. The van der Waals surface area contributed by atoms with Gasteiger partial charge >= 0.3 is 6.03 Å². The summed E-state index contributed by atoms with van der Waals surface area (Å²) in [6, 6.07) is 14.3. The number of anilines is 1. The molecule has 3 aromatic rings. The molecule has 1 aliphatic rings. The van der Waals surface area contributed by atoms with E-state index in [9.17, 15) is 4.79 Å². The lowest BCUT2D eigenvalue weighted by atomic mass is 10.1. The maximum Gasteiger partial charge on any atom is 0.317 e. The molecule has 0 bridgehead atoms. The van der Waals surface area contributed by atoms with E-state index in [-0.39, 0.29) is 6.03 Å². The number of aromatic nitrogens is 2. The minimum absolute atomic E-state index is 0.0308. The van der Waals surface area contributed by atoms with Crippen LogP contribution in [0, 0.1) is 13.8 Å². The predicted molar refractivity (Wildman–Crippen MR) is 128 cm³/mol. The molecule has 0 atom stereocenters. The first kappa shape index (κ1) is 21.9. The number of nitrogens with one attached hydrogen (secondary N) is 1. The molecule has 0 spiro atoms. The van der Waals surface area contributed by atoms with Crippen molar-refractivity contribution in [2.24, 2.45) is 0 Å². The Bertz CT molecular complexity index is 1070. The number of carbonyl (C=O) groups is 1. The number of fused-ring (bicyclic) bond motifs is 1. The second-order valence-electron chi connectivity index (χ2n) is 8.20. The topological polar surface area (TPSA) is 70.6 Å². The number of ether oxygens (including phenoxy) is 1. The van der Waals surface area contributed by atoms with Crippen LogP contribution in [0.2, 0.25) is 0 Å². The fourth-order valence-electron chi connectivity index (χ4n) is 4.14. The number of rotatable bonds is 6. The van der Waals surface area contributed by atoms with Gasteiger partial charge in [-0.3, -0.25) is 0 Å². The van der Waals surface area contributed by atoms with Crippen LogP contribution in [0.5, 0.6) is 5.88 Å². The first-order valence-corrected chi connectivity index (χ1v) is 11.3. The summed E-state index contributed by atoms with van der Waals surface area (Å²) in [7, 11) is 0. The molecule has 1 fully saturated rings. The molecule has 1 N–H and O–H groups in total. The lowest BCUT2D eigenvalue weighted by molar-refractivity contribution is 0.194. The van der Waals surface area contributed by atoms with Crippen molar-refractivity contribution in [3.63, 3.8) is 0 Å². The highest BCUT2D eigenvalue weighted by Gasteiger charge is 2.21. The van der Waals surface area contributed by atoms with Crippen LogP contribution in [0.25, 0.3) is 11.0 Å². The minimum atomic E-state index is -0.0308. The third-order valence-electron chi connectivity index (χ3n) is 5.66. The average molecular weight is 434 g/mol. The molecule has 7 heteroatoms. The Hall–Kier alpha value is -3.35. The highest BCUT2D eigenvalue weighted by molar-refractivity contribution is 5.75. The summed E-state index contributed by atoms with van der Waals surface area (Å²) in [5.41, 5.74) is 6.18. The van der Waals surface area contributed by atoms with Crippen molar-refractivity contribution in [3.8, 4) is 5.88 Å². The van der Waals surface area contributed by atoms with E-state index in [0.29, 0.717) is 38.5 Å². The van der Waals surface area contributed by atoms with Crippen LogP contribution in [0.3, 0.4) is 0 Å². The molecule has 0 unspecified atom stereocenters. The summed E-state index contributed by atoms with van der Waals surface area (Å²) < 4.78 is 5.69. The van der Waals surface area contributed by atoms with E-state index >= 15 is 0 Å². The van der Waals surface area contributed by atoms with Crippen molar-refractivity contribution >= 4 is 22.8 Å². The van der Waals surface area contributed by atoms with Gasteiger partial charge < -0.3 is 19.9 Å². The van der Waals surface area contributed by atoms with E-state index in [1.807, 2.05) is 36.1 Å². The van der Waals surface area contributed by atoms with Crippen LogP contribution in [0.4, 0.5) is 10.5 Å². The lowest BCUT2D eigenvalue weighted by Gasteiger charge is -2.36. The molecule has 2 amide bonds. The lowest BCUT2D eigenvalue weighted by Crippen LogP contribution is -2.52. The van der Waals surface area contributed by atoms with Gasteiger partial charge in [0.05, 0.1) is 17.6 Å². The first-order valence-electron chi connectivity index (χ1n) is 11.3. The number of hydrogen-bond donors (Lipinski definition) is 1. The molecule has 1 saturated heterocycles. The van der Waals surface area contributed by atoms with Crippen molar-refractivity contribution in [1.82, 2.24) is 20.2 Å². The molecule has 1 aliphatic heterocycles. The number of aryl methyl sites for hydroxylation is 2. The Labute approximate surface area is 189 Å². The smallest absolute Gasteiger partial charge is 0.317 e. The molecule has 32 heavy (non-hydrogen) atoms. The van der Waals surface area contributed by atoms with Crippen LogP contribution in [0.15, 0.2) is 42.5 Å². The van der Waals surface area contributed by atoms with Gasteiger partial charge in [0.15, 0.2) is 0 Å². The van der Waals surface area contributed by atoms with Crippen LogP contribution < -0.4 is 15.0 Å². The molecule has 0 radical (unpaired) electrons. The molecule has 168 valence electrons. The number of benzene rings is 2. The SMILES string of the molecule is CCOc1nc2ccccc2nc1CCNC(=O)N1CCN(c2cc(C)cc(C)c2)CC1. The molecule has 1 aromatic heterocycles. The van der Waals surface area contributed by atoms with Gasteiger partial charge in [-0.1, -0.05) is 18.2 Å². The fraction of sp³-hybridized carbons (Fsp3) is 0.400. The molecule has 0 saturated carbocycles. The van der Waals surface area contributed by atoms with Gasteiger partial charge in [0.25, 0.3) is 0 Å². The summed E-state index contributed by atoms with van der Waals surface area (Å²) in [4.78, 5) is 26.2. The molecule has 2 heterocycles. The fourth-order valence-corrected chi connectivity index (χ4v) is 4.14. The summed E-state index contributed by atoms with van der Waals surface area (Å²) in [6.45, 7) is 10.3. The summed E-state index contributed by atoms with van der Waals surface area (Å²) in [5.74, 6) is 0.544. The van der Waals surface area contributed by atoms with E-state index in [1.165, 1.54) is 16.8 Å². The van der Waals surface area contributed by atoms with Gasteiger partial charge in [-0.25, -0.2) is 14.8 Å². The standard InChI is InChI=1S/C25H31N5O2/c1-4-32-24-23(27-21-7-5-6-8-22(21)28-24)9-10-26-25(31)30-13-11-29(12-14-30)20-16-18(2)15-19(3)17-20/h5-8,15-17H,4,9-14H2,1-3H3,(H,26,31). The van der Waals surface area contributed by atoms with Crippen LogP contribution in [-0.2, 0) is 6.42 Å². The number of amides is 2. The van der Waals surface area contributed by atoms with Crippen LogP contribution >= 0.6 is 0 Å². The molecule has 0 aliphatic carbocycles. The quantitative estimate of drug-likeness (QED) is 0.642. The zero-order chi connectivity index (χ0) is 22.5. The zero-order valence-electron chi connectivity index (χ0n) is 19.1. The first-order chi connectivity index (χ1) is 15.5.